The van der Waals surface area contributed by atoms with E-state index in [1.54, 1.807) is 14.2 Å². The first kappa shape index (κ1) is 21.7. The molecule has 166 valence electrons. The number of para-hydroxylation sites is 2. The fourth-order valence-electron chi connectivity index (χ4n) is 3.95. The lowest BCUT2D eigenvalue weighted by atomic mass is 10.1. The van der Waals surface area contributed by atoms with Crippen molar-refractivity contribution in [3.05, 3.63) is 83.9 Å². The zero-order valence-electron chi connectivity index (χ0n) is 18.7. The SMILES string of the molecule is CNC(=O)c1cccc(N2CC(CN[C@H](C)c3cccc(OC)c3)Oc3ccccc32)c1. The Morgan fingerprint density at radius 2 is 1.94 bits per heavy atom. The number of anilines is 2. The van der Waals surface area contributed by atoms with Crippen LogP contribution in [0, 0.1) is 0 Å². The highest BCUT2D eigenvalue weighted by Crippen LogP contribution is 2.38. The van der Waals surface area contributed by atoms with E-state index >= 15 is 0 Å². The molecule has 0 spiro atoms. The van der Waals surface area contributed by atoms with Crippen molar-refractivity contribution in [2.24, 2.45) is 0 Å². The topological polar surface area (TPSA) is 62.8 Å². The van der Waals surface area contributed by atoms with Crippen LogP contribution in [0.5, 0.6) is 11.5 Å². The van der Waals surface area contributed by atoms with Gasteiger partial charge in [0, 0.05) is 30.9 Å². The van der Waals surface area contributed by atoms with Crippen LogP contribution in [0.1, 0.15) is 28.9 Å². The minimum Gasteiger partial charge on any atom is -0.497 e. The van der Waals surface area contributed by atoms with Crippen LogP contribution in [0.4, 0.5) is 11.4 Å². The van der Waals surface area contributed by atoms with E-state index in [1.165, 1.54) is 0 Å². The van der Waals surface area contributed by atoms with Gasteiger partial charge in [-0.15, -0.1) is 0 Å². The molecule has 2 atom stereocenters. The standard InChI is InChI=1S/C26H29N3O3/c1-18(19-8-7-11-22(15-19)31-3)28-16-23-17-29(24-12-4-5-13-25(24)32-23)21-10-6-9-20(14-21)26(30)27-2/h4-15,18,23,28H,16-17H2,1-3H3,(H,27,30)/t18-,23?/m1/s1. The Morgan fingerprint density at radius 3 is 2.75 bits per heavy atom. The van der Waals surface area contributed by atoms with Gasteiger partial charge in [0.25, 0.3) is 5.91 Å². The van der Waals surface area contributed by atoms with Crippen LogP contribution in [-0.4, -0.2) is 39.3 Å². The minimum atomic E-state index is -0.0984. The lowest BCUT2D eigenvalue weighted by Crippen LogP contribution is -2.44. The van der Waals surface area contributed by atoms with Gasteiger partial charge in [-0.05, 0) is 55.0 Å². The lowest BCUT2D eigenvalue weighted by Gasteiger charge is -2.37. The first-order valence-electron chi connectivity index (χ1n) is 10.8. The van der Waals surface area contributed by atoms with E-state index in [9.17, 15) is 4.79 Å². The van der Waals surface area contributed by atoms with Crippen LogP contribution in [0.3, 0.4) is 0 Å². The first-order chi connectivity index (χ1) is 15.6. The zero-order chi connectivity index (χ0) is 22.5. The van der Waals surface area contributed by atoms with Crippen molar-refractivity contribution in [2.75, 3.05) is 32.1 Å². The second-order valence-corrected chi connectivity index (χ2v) is 7.85. The van der Waals surface area contributed by atoms with E-state index in [0.29, 0.717) is 18.7 Å². The number of hydrogen-bond donors (Lipinski definition) is 2. The second kappa shape index (κ2) is 9.75. The van der Waals surface area contributed by atoms with Crippen molar-refractivity contribution in [1.82, 2.24) is 10.6 Å². The van der Waals surface area contributed by atoms with Crippen molar-refractivity contribution in [3.63, 3.8) is 0 Å². The van der Waals surface area contributed by atoms with E-state index in [0.717, 1.165) is 28.4 Å². The van der Waals surface area contributed by atoms with E-state index in [4.69, 9.17) is 9.47 Å². The number of carbonyl (C=O) groups is 1. The van der Waals surface area contributed by atoms with E-state index in [1.807, 2.05) is 66.7 Å². The van der Waals surface area contributed by atoms with Crippen molar-refractivity contribution in [3.8, 4) is 11.5 Å². The summed E-state index contributed by atoms with van der Waals surface area (Å²) in [5.41, 5.74) is 3.76. The van der Waals surface area contributed by atoms with Crippen LogP contribution in [0.15, 0.2) is 72.8 Å². The molecule has 4 rings (SSSR count). The number of rotatable bonds is 7. The molecular formula is C26H29N3O3. The van der Waals surface area contributed by atoms with Crippen LogP contribution < -0.4 is 25.0 Å². The Hall–Kier alpha value is -3.51. The molecular weight excluding hydrogens is 402 g/mol. The van der Waals surface area contributed by atoms with Crippen molar-refractivity contribution >= 4 is 17.3 Å². The summed E-state index contributed by atoms with van der Waals surface area (Å²) in [5, 5.41) is 6.28. The van der Waals surface area contributed by atoms with E-state index in [2.05, 4.69) is 28.5 Å². The molecule has 32 heavy (non-hydrogen) atoms. The molecule has 3 aromatic rings. The number of ether oxygens (including phenoxy) is 2. The fourth-order valence-corrected chi connectivity index (χ4v) is 3.95. The second-order valence-electron chi connectivity index (χ2n) is 7.85. The van der Waals surface area contributed by atoms with E-state index in [-0.39, 0.29) is 18.1 Å². The monoisotopic (exact) mass is 431 g/mol. The average Bonchev–Trinajstić information content (AvgIpc) is 2.86. The number of nitrogens with zero attached hydrogens (tertiary/aromatic N) is 1. The first-order valence-corrected chi connectivity index (χ1v) is 10.8. The molecule has 0 aliphatic carbocycles. The molecule has 0 saturated carbocycles. The number of amides is 1. The number of methoxy groups -OCH3 is 1. The van der Waals surface area contributed by atoms with Gasteiger partial charge in [-0.3, -0.25) is 4.79 Å². The number of benzene rings is 3. The van der Waals surface area contributed by atoms with Crippen LogP contribution in [0.2, 0.25) is 0 Å². The normalized spacial score (nSPS) is 16.0. The maximum Gasteiger partial charge on any atom is 0.251 e. The lowest BCUT2D eigenvalue weighted by molar-refractivity contribution is 0.0963. The summed E-state index contributed by atoms with van der Waals surface area (Å²) < 4.78 is 11.7. The molecule has 0 aromatic heterocycles. The maximum absolute atomic E-state index is 12.1. The van der Waals surface area contributed by atoms with Gasteiger partial charge in [0.15, 0.2) is 0 Å². The van der Waals surface area contributed by atoms with Crippen LogP contribution in [0.25, 0.3) is 0 Å². The molecule has 3 aromatic carbocycles. The molecule has 0 radical (unpaired) electrons. The fraction of sp³-hybridized carbons (Fsp3) is 0.269. The van der Waals surface area contributed by atoms with Crippen LogP contribution in [-0.2, 0) is 0 Å². The average molecular weight is 432 g/mol. The predicted octanol–water partition coefficient (Wildman–Crippen LogP) is 4.30. The van der Waals surface area contributed by atoms with Gasteiger partial charge in [0.05, 0.1) is 19.3 Å². The molecule has 1 aliphatic heterocycles. The third-order valence-electron chi connectivity index (χ3n) is 5.73. The Bertz CT molecular complexity index is 1090. The van der Waals surface area contributed by atoms with Crippen molar-refractivity contribution in [1.29, 1.82) is 0 Å². The Labute approximate surface area is 189 Å². The summed E-state index contributed by atoms with van der Waals surface area (Å²) in [4.78, 5) is 14.4. The molecule has 1 unspecified atom stereocenters. The third kappa shape index (κ3) is 4.70. The van der Waals surface area contributed by atoms with Gasteiger partial charge in [-0.1, -0.05) is 30.3 Å². The molecule has 6 heteroatoms. The van der Waals surface area contributed by atoms with Gasteiger partial charge in [0.2, 0.25) is 0 Å². The molecule has 0 saturated heterocycles. The molecule has 1 amide bonds. The molecule has 2 N–H and O–H groups in total. The molecule has 1 heterocycles. The number of hydrogen-bond acceptors (Lipinski definition) is 5. The highest BCUT2D eigenvalue weighted by molar-refractivity contribution is 5.95. The summed E-state index contributed by atoms with van der Waals surface area (Å²) in [6.07, 6.45) is -0.0541. The largest absolute Gasteiger partial charge is 0.497 e. The van der Waals surface area contributed by atoms with Gasteiger partial charge in [-0.25, -0.2) is 0 Å². The molecule has 1 aliphatic rings. The third-order valence-corrected chi connectivity index (χ3v) is 5.73. The number of fused-ring (bicyclic) bond motifs is 1. The van der Waals surface area contributed by atoms with Crippen molar-refractivity contribution in [2.45, 2.75) is 19.1 Å². The number of carbonyl (C=O) groups excluding carboxylic acids is 1. The Morgan fingerprint density at radius 1 is 1.12 bits per heavy atom. The predicted molar refractivity (Wildman–Crippen MR) is 127 cm³/mol. The Kier molecular flexibility index (Phi) is 6.61. The maximum atomic E-state index is 12.1. The zero-order valence-corrected chi connectivity index (χ0v) is 18.7. The molecule has 0 bridgehead atoms. The summed E-state index contributed by atoms with van der Waals surface area (Å²) in [6, 6.07) is 23.9. The van der Waals surface area contributed by atoms with Gasteiger partial charge < -0.3 is 25.0 Å². The van der Waals surface area contributed by atoms with Gasteiger partial charge in [0.1, 0.15) is 17.6 Å². The Balaban J connectivity index is 1.53. The number of nitrogens with one attached hydrogen (secondary N) is 2. The minimum absolute atomic E-state index is 0.0541. The smallest absolute Gasteiger partial charge is 0.251 e. The van der Waals surface area contributed by atoms with Gasteiger partial charge in [-0.2, -0.15) is 0 Å². The van der Waals surface area contributed by atoms with Gasteiger partial charge >= 0.3 is 0 Å². The summed E-state index contributed by atoms with van der Waals surface area (Å²) in [6.45, 7) is 3.49. The van der Waals surface area contributed by atoms with Crippen molar-refractivity contribution < 1.29 is 14.3 Å². The highest BCUT2D eigenvalue weighted by atomic mass is 16.5. The summed E-state index contributed by atoms with van der Waals surface area (Å²) >= 11 is 0. The molecule has 6 nitrogen and oxygen atoms in total. The summed E-state index contributed by atoms with van der Waals surface area (Å²) in [5.74, 6) is 1.59. The highest BCUT2D eigenvalue weighted by Gasteiger charge is 2.27. The molecule has 0 fully saturated rings. The quantitative estimate of drug-likeness (QED) is 0.584. The van der Waals surface area contributed by atoms with E-state index < -0.39 is 0 Å². The summed E-state index contributed by atoms with van der Waals surface area (Å²) in [7, 11) is 3.32. The van der Waals surface area contributed by atoms with Crippen LogP contribution >= 0.6 is 0 Å².